The van der Waals surface area contributed by atoms with Gasteiger partial charge < -0.3 is 25.1 Å². The molecule has 3 N–H and O–H groups in total. The Morgan fingerprint density at radius 1 is 1.19 bits per heavy atom. The third-order valence-corrected chi connectivity index (χ3v) is 1.83. The summed E-state index contributed by atoms with van der Waals surface area (Å²) in [6.45, 7) is 4.40. The number of carboxylic acids is 1. The van der Waals surface area contributed by atoms with Crippen LogP contribution in [0, 0.1) is 0 Å². The van der Waals surface area contributed by atoms with Crippen LogP contribution in [0.5, 0.6) is 0 Å². The van der Waals surface area contributed by atoms with Gasteiger partial charge >= 0.3 is 5.97 Å². The van der Waals surface area contributed by atoms with E-state index in [1.807, 2.05) is 0 Å². The summed E-state index contributed by atoms with van der Waals surface area (Å²) in [6.07, 6.45) is -0.285. The lowest BCUT2D eigenvalue weighted by Gasteiger charge is -2.11. The van der Waals surface area contributed by atoms with Gasteiger partial charge in [0.15, 0.2) is 6.10 Å². The molecule has 0 aliphatic carbocycles. The highest BCUT2D eigenvalue weighted by atomic mass is 16.6. The predicted molar refractivity (Wildman–Crippen MR) is 58.4 cm³/mol. The average molecular weight is 235 g/mol. The first-order valence-corrected chi connectivity index (χ1v) is 5.42. The summed E-state index contributed by atoms with van der Waals surface area (Å²) < 4.78 is 15.4. The number of rotatable bonds is 11. The Morgan fingerprint density at radius 3 is 2.25 bits per heavy atom. The first-order chi connectivity index (χ1) is 7.72. The van der Waals surface area contributed by atoms with Crippen LogP contribution in [0.25, 0.3) is 0 Å². The van der Waals surface area contributed by atoms with Gasteiger partial charge in [0.25, 0.3) is 0 Å². The molecule has 16 heavy (non-hydrogen) atoms. The van der Waals surface area contributed by atoms with Crippen molar-refractivity contribution in [2.75, 3.05) is 39.6 Å². The van der Waals surface area contributed by atoms with Crippen LogP contribution in [0.2, 0.25) is 0 Å². The maximum Gasteiger partial charge on any atom is 0.332 e. The third-order valence-electron chi connectivity index (χ3n) is 1.83. The van der Waals surface area contributed by atoms with E-state index in [-0.39, 0.29) is 6.61 Å². The monoisotopic (exact) mass is 235 g/mol. The van der Waals surface area contributed by atoms with Crippen molar-refractivity contribution in [3.63, 3.8) is 0 Å². The van der Waals surface area contributed by atoms with E-state index in [1.54, 1.807) is 6.92 Å². The van der Waals surface area contributed by atoms with Crippen molar-refractivity contribution in [2.24, 2.45) is 5.73 Å². The minimum absolute atomic E-state index is 0.279. The summed E-state index contributed by atoms with van der Waals surface area (Å²) in [5.41, 5.74) is 5.23. The molecule has 6 nitrogen and oxygen atoms in total. The second-order valence-corrected chi connectivity index (χ2v) is 3.12. The molecule has 1 unspecified atom stereocenters. The smallest absolute Gasteiger partial charge is 0.332 e. The molecular weight excluding hydrogens is 214 g/mol. The second kappa shape index (κ2) is 10.8. The zero-order chi connectivity index (χ0) is 12.2. The van der Waals surface area contributed by atoms with Crippen molar-refractivity contribution in [1.29, 1.82) is 0 Å². The van der Waals surface area contributed by atoms with Crippen LogP contribution in [0.1, 0.15) is 13.3 Å². The largest absolute Gasteiger partial charge is 0.479 e. The summed E-state index contributed by atoms with van der Waals surface area (Å²) in [5.74, 6) is -0.936. The molecule has 0 aliphatic heterocycles. The Labute approximate surface area is 95.7 Å². The van der Waals surface area contributed by atoms with E-state index < -0.39 is 12.1 Å². The highest BCUT2D eigenvalue weighted by molar-refractivity contribution is 5.72. The van der Waals surface area contributed by atoms with Crippen molar-refractivity contribution >= 4 is 5.97 Å². The molecule has 96 valence electrons. The molecule has 0 aromatic rings. The molecule has 0 spiro atoms. The number of carboxylic acid groups (broad SMARTS) is 1. The number of hydrogen-bond donors (Lipinski definition) is 2. The normalized spacial score (nSPS) is 12.6. The van der Waals surface area contributed by atoms with Gasteiger partial charge in [-0.1, -0.05) is 6.92 Å². The van der Waals surface area contributed by atoms with Crippen LogP contribution in [0.4, 0.5) is 0 Å². The topological polar surface area (TPSA) is 91.0 Å². The maximum absolute atomic E-state index is 10.6. The van der Waals surface area contributed by atoms with Gasteiger partial charge in [-0.3, -0.25) is 0 Å². The van der Waals surface area contributed by atoms with Crippen molar-refractivity contribution in [3.05, 3.63) is 0 Å². The lowest BCUT2D eigenvalue weighted by Crippen LogP contribution is -2.25. The molecule has 0 aliphatic rings. The molecule has 0 fully saturated rings. The quantitative estimate of drug-likeness (QED) is 0.484. The fourth-order valence-corrected chi connectivity index (χ4v) is 1.02. The molecule has 0 bridgehead atoms. The molecule has 0 aromatic heterocycles. The van der Waals surface area contributed by atoms with Crippen LogP contribution in [-0.4, -0.2) is 56.8 Å². The molecule has 0 radical (unpaired) electrons. The highest BCUT2D eigenvalue weighted by Crippen LogP contribution is 1.97. The Morgan fingerprint density at radius 2 is 1.75 bits per heavy atom. The summed E-state index contributed by atoms with van der Waals surface area (Å²) in [4.78, 5) is 10.6. The minimum Gasteiger partial charge on any atom is -0.479 e. The zero-order valence-electron chi connectivity index (χ0n) is 9.68. The van der Waals surface area contributed by atoms with Crippen LogP contribution in [-0.2, 0) is 19.0 Å². The van der Waals surface area contributed by atoms with Crippen LogP contribution in [0.15, 0.2) is 0 Å². The van der Waals surface area contributed by atoms with E-state index >= 15 is 0 Å². The fourth-order valence-electron chi connectivity index (χ4n) is 1.02. The molecule has 1 atom stereocenters. The van der Waals surface area contributed by atoms with E-state index in [1.165, 1.54) is 0 Å². The molecular formula is C10H21NO5. The summed E-state index contributed by atoms with van der Waals surface area (Å²) in [7, 11) is 0. The van der Waals surface area contributed by atoms with E-state index in [2.05, 4.69) is 0 Å². The SMILES string of the molecule is CCC(OCCOCCOCCN)C(=O)O. The lowest BCUT2D eigenvalue weighted by atomic mass is 10.3. The first kappa shape index (κ1) is 15.3. The van der Waals surface area contributed by atoms with Gasteiger partial charge in [0.1, 0.15) is 0 Å². The molecule has 0 heterocycles. The van der Waals surface area contributed by atoms with E-state index in [0.717, 1.165) is 0 Å². The predicted octanol–water partition coefficient (Wildman–Crippen LogP) is -0.142. The van der Waals surface area contributed by atoms with Crippen LogP contribution in [0.3, 0.4) is 0 Å². The molecule has 6 heteroatoms. The second-order valence-electron chi connectivity index (χ2n) is 3.12. The Kier molecular flexibility index (Phi) is 10.3. The number of ether oxygens (including phenoxy) is 3. The summed E-state index contributed by atoms with van der Waals surface area (Å²) >= 11 is 0. The van der Waals surface area contributed by atoms with E-state index in [4.69, 9.17) is 25.1 Å². The lowest BCUT2D eigenvalue weighted by molar-refractivity contribution is -0.151. The minimum atomic E-state index is -0.936. The number of aliphatic carboxylic acids is 1. The first-order valence-electron chi connectivity index (χ1n) is 5.42. The number of nitrogens with two attached hydrogens (primary N) is 1. The van der Waals surface area contributed by atoms with Gasteiger partial charge in [0.2, 0.25) is 0 Å². The van der Waals surface area contributed by atoms with Crippen molar-refractivity contribution in [1.82, 2.24) is 0 Å². The standard InChI is InChI=1S/C10H21NO5/c1-2-9(10(12)13)16-8-7-15-6-5-14-4-3-11/h9H,2-8,11H2,1H3,(H,12,13). The van der Waals surface area contributed by atoms with Gasteiger partial charge in [-0.05, 0) is 6.42 Å². The van der Waals surface area contributed by atoms with Crippen LogP contribution < -0.4 is 5.73 Å². The average Bonchev–Trinajstić information content (AvgIpc) is 2.26. The molecule has 0 aromatic carbocycles. The fraction of sp³-hybridized carbons (Fsp3) is 0.900. The van der Waals surface area contributed by atoms with Gasteiger partial charge in [-0.2, -0.15) is 0 Å². The van der Waals surface area contributed by atoms with Gasteiger partial charge in [-0.25, -0.2) is 4.79 Å². The summed E-state index contributed by atoms with van der Waals surface area (Å²) in [6, 6.07) is 0. The van der Waals surface area contributed by atoms with Gasteiger partial charge in [0.05, 0.1) is 33.0 Å². The number of hydrogen-bond acceptors (Lipinski definition) is 5. The van der Waals surface area contributed by atoms with E-state index in [0.29, 0.717) is 39.4 Å². The highest BCUT2D eigenvalue weighted by Gasteiger charge is 2.14. The Hall–Kier alpha value is -0.690. The van der Waals surface area contributed by atoms with Crippen molar-refractivity contribution in [3.8, 4) is 0 Å². The molecule has 0 saturated heterocycles. The number of carbonyl (C=O) groups is 1. The molecule has 0 saturated carbocycles. The van der Waals surface area contributed by atoms with Crippen molar-refractivity contribution in [2.45, 2.75) is 19.4 Å². The van der Waals surface area contributed by atoms with Crippen LogP contribution >= 0.6 is 0 Å². The molecule has 0 amide bonds. The molecule has 0 rings (SSSR count). The van der Waals surface area contributed by atoms with Gasteiger partial charge in [-0.15, -0.1) is 0 Å². The third kappa shape index (κ3) is 8.60. The van der Waals surface area contributed by atoms with E-state index in [9.17, 15) is 4.79 Å². The Bertz CT molecular complexity index is 177. The zero-order valence-corrected chi connectivity index (χ0v) is 9.68. The Balaban J connectivity index is 3.22. The van der Waals surface area contributed by atoms with Crippen molar-refractivity contribution < 1.29 is 24.1 Å². The summed E-state index contributed by atoms with van der Waals surface area (Å²) in [5, 5.41) is 8.68. The maximum atomic E-state index is 10.6. The van der Waals surface area contributed by atoms with Gasteiger partial charge in [0, 0.05) is 6.54 Å².